The lowest BCUT2D eigenvalue weighted by Crippen LogP contribution is -1.88. The van der Waals surface area contributed by atoms with Crippen LogP contribution in [-0.4, -0.2) is 0 Å². The van der Waals surface area contributed by atoms with Crippen LogP contribution in [0.5, 0.6) is 0 Å². The molecule has 0 amide bonds. The van der Waals surface area contributed by atoms with Gasteiger partial charge in [-0.2, -0.15) is 0 Å². The summed E-state index contributed by atoms with van der Waals surface area (Å²) >= 11 is 0. The van der Waals surface area contributed by atoms with Crippen LogP contribution in [-0.2, 0) is 6.42 Å². The maximum atomic E-state index is 2.34. The molecule has 0 saturated carbocycles. The Morgan fingerprint density at radius 1 is 0.667 bits per heavy atom. The fourth-order valence-corrected chi connectivity index (χ4v) is 3.43. The minimum Gasteiger partial charge on any atom is -0.0888 e. The highest BCUT2D eigenvalue weighted by molar-refractivity contribution is 5.85. The largest absolute Gasteiger partial charge is 0.0888 e. The van der Waals surface area contributed by atoms with E-state index in [2.05, 4.69) is 61.5 Å². The summed E-state index contributed by atoms with van der Waals surface area (Å²) in [4.78, 5) is 0. The van der Waals surface area contributed by atoms with E-state index < -0.39 is 0 Å². The van der Waals surface area contributed by atoms with E-state index in [0.29, 0.717) is 0 Å². The summed E-state index contributed by atoms with van der Waals surface area (Å²) in [7, 11) is 0. The van der Waals surface area contributed by atoms with E-state index in [0.717, 1.165) is 0 Å². The number of hydrogen-bond donors (Lipinski definition) is 0. The molecule has 2 aromatic rings. The monoisotopic (exact) mass is 322 g/mol. The SMILES string of the molecule is CC/C=C/CCCCCCCCCCc1cccc2ccccc12. The molecular formula is C24H34. The summed E-state index contributed by atoms with van der Waals surface area (Å²) in [6, 6.07) is 15.5. The van der Waals surface area contributed by atoms with E-state index >= 15 is 0 Å². The van der Waals surface area contributed by atoms with Crippen LogP contribution in [0, 0.1) is 0 Å². The molecule has 0 nitrogen and oxygen atoms in total. The minimum absolute atomic E-state index is 1.18. The van der Waals surface area contributed by atoms with Crippen LogP contribution < -0.4 is 0 Å². The molecule has 0 aliphatic carbocycles. The smallest absolute Gasteiger partial charge is 0.0152 e. The Balaban J connectivity index is 1.52. The lowest BCUT2D eigenvalue weighted by atomic mass is 9.99. The second-order valence-corrected chi connectivity index (χ2v) is 6.89. The molecule has 0 fully saturated rings. The van der Waals surface area contributed by atoms with Crippen molar-refractivity contribution in [1.29, 1.82) is 0 Å². The summed E-state index contributed by atoms with van der Waals surface area (Å²) in [6.45, 7) is 2.21. The molecule has 0 unspecified atom stereocenters. The number of rotatable bonds is 12. The van der Waals surface area contributed by atoms with Gasteiger partial charge in [-0.25, -0.2) is 0 Å². The van der Waals surface area contributed by atoms with Crippen LogP contribution in [0.25, 0.3) is 10.8 Å². The number of aryl methyl sites for hydroxylation is 1. The molecule has 0 N–H and O–H groups in total. The number of benzene rings is 2. The maximum Gasteiger partial charge on any atom is -0.0152 e. The van der Waals surface area contributed by atoms with Crippen molar-refractivity contribution in [3.8, 4) is 0 Å². The third kappa shape index (κ3) is 6.91. The molecule has 24 heavy (non-hydrogen) atoms. The Bertz CT molecular complexity index is 589. The van der Waals surface area contributed by atoms with Gasteiger partial charge in [-0.1, -0.05) is 100 Å². The number of fused-ring (bicyclic) bond motifs is 1. The molecule has 0 radical (unpaired) electrons. The lowest BCUT2D eigenvalue weighted by Gasteiger charge is -2.06. The van der Waals surface area contributed by atoms with E-state index in [4.69, 9.17) is 0 Å². The van der Waals surface area contributed by atoms with E-state index in [-0.39, 0.29) is 0 Å². The van der Waals surface area contributed by atoms with Gasteiger partial charge in [0, 0.05) is 0 Å². The quantitative estimate of drug-likeness (QED) is 0.275. The van der Waals surface area contributed by atoms with Gasteiger partial charge in [0.05, 0.1) is 0 Å². The van der Waals surface area contributed by atoms with Gasteiger partial charge in [-0.05, 0) is 48.4 Å². The first-order chi connectivity index (χ1) is 11.9. The zero-order valence-electron chi connectivity index (χ0n) is 15.5. The van der Waals surface area contributed by atoms with Gasteiger partial charge in [0.25, 0.3) is 0 Å². The van der Waals surface area contributed by atoms with Gasteiger partial charge in [-0.3, -0.25) is 0 Å². The van der Waals surface area contributed by atoms with Gasteiger partial charge in [0.2, 0.25) is 0 Å². The van der Waals surface area contributed by atoms with E-state index in [1.165, 1.54) is 87.0 Å². The van der Waals surface area contributed by atoms with Crippen molar-refractivity contribution in [3.05, 3.63) is 60.2 Å². The average Bonchev–Trinajstić information content (AvgIpc) is 2.63. The third-order valence-electron chi connectivity index (χ3n) is 4.85. The molecule has 0 bridgehead atoms. The molecule has 130 valence electrons. The Kier molecular flexibility index (Phi) is 9.31. The summed E-state index contributed by atoms with van der Waals surface area (Å²) in [6.07, 6.45) is 19.5. The van der Waals surface area contributed by atoms with Crippen LogP contribution in [0.3, 0.4) is 0 Å². The molecule has 0 heteroatoms. The van der Waals surface area contributed by atoms with Crippen molar-refractivity contribution in [2.45, 2.75) is 77.6 Å². The van der Waals surface area contributed by atoms with Crippen molar-refractivity contribution in [2.75, 3.05) is 0 Å². The zero-order chi connectivity index (χ0) is 16.9. The van der Waals surface area contributed by atoms with Crippen molar-refractivity contribution in [1.82, 2.24) is 0 Å². The first-order valence-electron chi connectivity index (χ1n) is 10.0. The molecule has 0 aliphatic heterocycles. The zero-order valence-corrected chi connectivity index (χ0v) is 15.5. The highest BCUT2D eigenvalue weighted by Crippen LogP contribution is 2.20. The van der Waals surface area contributed by atoms with Crippen LogP contribution in [0.1, 0.15) is 76.7 Å². The Hall–Kier alpha value is -1.56. The topological polar surface area (TPSA) is 0 Å². The predicted octanol–water partition coefficient (Wildman–Crippen LogP) is 7.86. The highest BCUT2D eigenvalue weighted by atomic mass is 14.0. The maximum absolute atomic E-state index is 2.34. The Morgan fingerprint density at radius 2 is 1.33 bits per heavy atom. The second-order valence-electron chi connectivity index (χ2n) is 6.89. The highest BCUT2D eigenvalue weighted by Gasteiger charge is 2.00. The van der Waals surface area contributed by atoms with Gasteiger partial charge in [-0.15, -0.1) is 0 Å². The normalized spacial score (nSPS) is 11.5. The molecular weight excluding hydrogens is 288 g/mol. The first-order valence-corrected chi connectivity index (χ1v) is 10.0. The lowest BCUT2D eigenvalue weighted by molar-refractivity contribution is 0.569. The van der Waals surface area contributed by atoms with Crippen LogP contribution in [0.15, 0.2) is 54.6 Å². The minimum atomic E-state index is 1.18. The Morgan fingerprint density at radius 3 is 2.12 bits per heavy atom. The van der Waals surface area contributed by atoms with Gasteiger partial charge in [0.1, 0.15) is 0 Å². The van der Waals surface area contributed by atoms with E-state index in [1.54, 1.807) is 0 Å². The Labute approximate surface area is 149 Å². The summed E-state index contributed by atoms with van der Waals surface area (Å²) in [5.74, 6) is 0. The number of allylic oxidation sites excluding steroid dienone is 2. The van der Waals surface area contributed by atoms with Crippen molar-refractivity contribution < 1.29 is 0 Å². The number of hydrogen-bond acceptors (Lipinski definition) is 0. The molecule has 0 atom stereocenters. The fourth-order valence-electron chi connectivity index (χ4n) is 3.43. The van der Waals surface area contributed by atoms with E-state index in [9.17, 15) is 0 Å². The molecule has 0 aromatic heterocycles. The van der Waals surface area contributed by atoms with Crippen molar-refractivity contribution >= 4 is 10.8 Å². The second kappa shape index (κ2) is 11.9. The van der Waals surface area contributed by atoms with Gasteiger partial charge in [0.15, 0.2) is 0 Å². The predicted molar refractivity (Wildman–Crippen MR) is 109 cm³/mol. The summed E-state index contributed by atoms with van der Waals surface area (Å²) < 4.78 is 0. The van der Waals surface area contributed by atoms with Gasteiger partial charge >= 0.3 is 0 Å². The standard InChI is InChI=1S/C24H34/c1-2-3-4-5-6-7-8-9-10-11-12-13-17-22-19-16-20-23-18-14-15-21-24(22)23/h3-4,14-16,18-21H,2,5-13,17H2,1H3/b4-3+. The van der Waals surface area contributed by atoms with E-state index in [1.807, 2.05) is 0 Å². The summed E-state index contributed by atoms with van der Waals surface area (Å²) in [5.41, 5.74) is 1.52. The molecule has 0 saturated heterocycles. The molecule has 0 heterocycles. The van der Waals surface area contributed by atoms with Crippen LogP contribution in [0.2, 0.25) is 0 Å². The van der Waals surface area contributed by atoms with Gasteiger partial charge < -0.3 is 0 Å². The molecule has 0 aliphatic rings. The van der Waals surface area contributed by atoms with Crippen molar-refractivity contribution in [3.63, 3.8) is 0 Å². The van der Waals surface area contributed by atoms with Crippen LogP contribution in [0.4, 0.5) is 0 Å². The van der Waals surface area contributed by atoms with Crippen LogP contribution >= 0.6 is 0 Å². The average molecular weight is 323 g/mol. The van der Waals surface area contributed by atoms with Crippen molar-refractivity contribution in [2.24, 2.45) is 0 Å². The third-order valence-corrected chi connectivity index (χ3v) is 4.85. The number of unbranched alkanes of at least 4 members (excludes halogenated alkanes) is 8. The fraction of sp³-hybridized carbons (Fsp3) is 0.500. The molecule has 2 aromatic carbocycles. The molecule has 0 spiro atoms. The molecule has 2 rings (SSSR count). The first kappa shape index (κ1) is 18.8. The summed E-state index contributed by atoms with van der Waals surface area (Å²) in [5, 5.41) is 2.82.